The first kappa shape index (κ1) is 24.4. The topological polar surface area (TPSA) is 33.4 Å². The van der Waals surface area contributed by atoms with Crippen molar-refractivity contribution in [1.29, 1.82) is 0 Å². The van der Waals surface area contributed by atoms with Gasteiger partial charge in [0.15, 0.2) is 11.5 Å². The van der Waals surface area contributed by atoms with Gasteiger partial charge in [-0.25, -0.2) is 9.50 Å². The number of aromatic nitrogens is 3. The summed E-state index contributed by atoms with van der Waals surface area (Å²) in [5, 5.41) is 6.20. The Bertz CT molecular complexity index is 2410. The number of anilines is 3. The van der Waals surface area contributed by atoms with E-state index in [2.05, 4.69) is 163 Å². The van der Waals surface area contributed by atoms with Crippen LogP contribution >= 0.6 is 0 Å². The average Bonchev–Trinajstić information content (AvgIpc) is 3.68. The Balaban J connectivity index is 1.28. The standard InChI is InChI=1S/C41H26N4/c1-2-13-29(14-3-1)44-37-20-10-7-17-33(37)41(34-18-8-11-21-38(34)44)32-16-6-5-15-30(32)31-24-22-28(26-35(31)41)40-42-39-25-23-27-12-4-9-19-36(27)45(39)43-40/h1-26H. The van der Waals surface area contributed by atoms with Crippen LogP contribution in [0.5, 0.6) is 0 Å². The summed E-state index contributed by atoms with van der Waals surface area (Å²) in [5.74, 6) is 0.726. The third-order valence-electron chi connectivity index (χ3n) is 9.62. The minimum Gasteiger partial charge on any atom is -0.310 e. The lowest BCUT2D eigenvalue weighted by Gasteiger charge is -2.45. The summed E-state index contributed by atoms with van der Waals surface area (Å²) in [6.07, 6.45) is 0. The summed E-state index contributed by atoms with van der Waals surface area (Å²) in [5.41, 5.74) is 13.5. The molecular formula is C41H26N4. The number of para-hydroxylation sites is 4. The minimum atomic E-state index is -0.508. The van der Waals surface area contributed by atoms with Gasteiger partial charge in [-0.05, 0) is 81.9 Å². The summed E-state index contributed by atoms with van der Waals surface area (Å²) < 4.78 is 1.96. The average molecular weight is 575 g/mol. The molecule has 0 fully saturated rings. The van der Waals surface area contributed by atoms with Crippen molar-refractivity contribution in [2.24, 2.45) is 0 Å². The van der Waals surface area contributed by atoms with E-state index in [4.69, 9.17) is 10.1 Å². The van der Waals surface area contributed by atoms with E-state index in [0.717, 1.165) is 33.6 Å². The fourth-order valence-corrected chi connectivity index (χ4v) is 7.82. The van der Waals surface area contributed by atoms with Crippen LogP contribution in [0.15, 0.2) is 158 Å². The summed E-state index contributed by atoms with van der Waals surface area (Å²) >= 11 is 0. The van der Waals surface area contributed by atoms with Gasteiger partial charge in [-0.3, -0.25) is 0 Å². The van der Waals surface area contributed by atoms with Crippen molar-refractivity contribution in [3.8, 4) is 22.5 Å². The van der Waals surface area contributed by atoms with Gasteiger partial charge in [-0.2, -0.15) is 0 Å². The largest absolute Gasteiger partial charge is 0.310 e. The van der Waals surface area contributed by atoms with Crippen LogP contribution in [0.4, 0.5) is 17.1 Å². The Labute approximate surface area is 260 Å². The van der Waals surface area contributed by atoms with Crippen molar-refractivity contribution < 1.29 is 0 Å². The molecule has 0 N–H and O–H groups in total. The molecule has 4 heteroatoms. The lowest BCUT2D eigenvalue weighted by atomic mass is 9.64. The zero-order chi connectivity index (χ0) is 29.5. The molecule has 8 aromatic rings. The van der Waals surface area contributed by atoms with Crippen LogP contribution in [0.3, 0.4) is 0 Å². The van der Waals surface area contributed by atoms with Crippen LogP contribution in [-0.2, 0) is 5.41 Å². The zero-order valence-corrected chi connectivity index (χ0v) is 24.3. The highest BCUT2D eigenvalue weighted by Gasteiger charge is 2.51. The van der Waals surface area contributed by atoms with Gasteiger partial charge in [0.25, 0.3) is 0 Å². The van der Waals surface area contributed by atoms with Crippen molar-refractivity contribution in [1.82, 2.24) is 14.6 Å². The molecule has 1 spiro atoms. The molecule has 45 heavy (non-hydrogen) atoms. The molecule has 6 aromatic carbocycles. The highest BCUT2D eigenvalue weighted by atomic mass is 15.3. The Morgan fingerprint density at radius 1 is 0.489 bits per heavy atom. The van der Waals surface area contributed by atoms with Gasteiger partial charge >= 0.3 is 0 Å². The Morgan fingerprint density at radius 3 is 1.93 bits per heavy atom. The van der Waals surface area contributed by atoms with Gasteiger partial charge < -0.3 is 4.90 Å². The molecule has 0 bridgehead atoms. The zero-order valence-electron chi connectivity index (χ0n) is 24.3. The number of hydrogen-bond donors (Lipinski definition) is 0. The van der Waals surface area contributed by atoms with Crippen LogP contribution in [0.2, 0.25) is 0 Å². The van der Waals surface area contributed by atoms with Crippen LogP contribution in [0, 0.1) is 0 Å². The van der Waals surface area contributed by atoms with Crippen molar-refractivity contribution in [2.45, 2.75) is 5.41 Å². The normalized spacial score (nSPS) is 13.9. The quantitative estimate of drug-likeness (QED) is 0.206. The maximum absolute atomic E-state index is 5.06. The van der Waals surface area contributed by atoms with Crippen molar-refractivity contribution >= 4 is 33.6 Å². The molecule has 1 aliphatic carbocycles. The Hall–Kier alpha value is -6.00. The molecule has 0 amide bonds. The lowest BCUT2D eigenvalue weighted by molar-refractivity contribution is 0.753. The first-order valence-electron chi connectivity index (χ1n) is 15.4. The molecule has 210 valence electrons. The van der Waals surface area contributed by atoms with E-state index < -0.39 is 5.41 Å². The molecule has 4 nitrogen and oxygen atoms in total. The third-order valence-corrected chi connectivity index (χ3v) is 9.62. The van der Waals surface area contributed by atoms with Gasteiger partial charge in [0.1, 0.15) is 0 Å². The minimum absolute atomic E-state index is 0.508. The second kappa shape index (κ2) is 9.01. The number of fused-ring (bicyclic) bond motifs is 12. The van der Waals surface area contributed by atoms with Crippen LogP contribution in [0.25, 0.3) is 39.1 Å². The maximum atomic E-state index is 5.06. The van der Waals surface area contributed by atoms with Gasteiger partial charge in [-0.1, -0.05) is 109 Å². The highest BCUT2D eigenvalue weighted by molar-refractivity contribution is 5.96. The second-order valence-electron chi connectivity index (χ2n) is 11.9. The van der Waals surface area contributed by atoms with Gasteiger partial charge in [-0.15, -0.1) is 5.10 Å². The number of rotatable bonds is 2. The lowest BCUT2D eigenvalue weighted by Crippen LogP contribution is -2.36. The van der Waals surface area contributed by atoms with Crippen molar-refractivity contribution in [2.75, 3.05) is 4.90 Å². The molecule has 10 rings (SSSR count). The second-order valence-corrected chi connectivity index (χ2v) is 11.9. The number of hydrogen-bond acceptors (Lipinski definition) is 3. The van der Waals surface area contributed by atoms with Gasteiger partial charge in [0, 0.05) is 16.6 Å². The smallest absolute Gasteiger partial charge is 0.182 e. The van der Waals surface area contributed by atoms with Gasteiger partial charge in [0.2, 0.25) is 0 Å². The highest BCUT2D eigenvalue weighted by Crippen LogP contribution is 2.63. The summed E-state index contributed by atoms with van der Waals surface area (Å²) in [4.78, 5) is 7.44. The monoisotopic (exact) mass is 574 g/mol. The first-order valence-corrected chi connectivity index (χ1v) is 15.4. The van der Waals surface area contributed by atoms with E-state index in [-0.39, 0.29) is 0 Å². The molecule has 0 saturated carbocycles. The molecule has 0 radical (unpaired) electrons. The number of nitrogens with zero attached hydrogens (tertiary/aromatic N) is 4. The fourth-order valence-electron chi connectivity index (χ4n) is 7.82. The Morgan fingerprint density at radius 2 is 1.13 bits per heavy atom. The van der Waals surface area contributed by atoms with Crippen molar-refractivity contribution in [3.63, 3.8) is 0 Å². The van der Waals surface area contributed by atoms with E-state index in [1.807, 2.05) is 4.52 Å². The van der Waals surface area contributed by atoms with Crippen molar-refractivity contribution in [3.05, 3.63) is 180 Å². The predicted octanol–water partition coefficient (Wildman–Crippen LogP) is 9.70. The molecule has 0 atom stereocenters. The molecule has 3 heterocycles. The summed E-state index contributed by atoms with van der Waals surface area (Å²) in [7, 11) is 0. The predicted molar refractivity (Wildman–Crippen MR) is 181 cm³/mol. The summed E-state index contributed by atoms with van der Waals surface area (Å²) in [6, 6.07) is 56.7. The SMILES string of the molecule is c1ccc(N2c3ccccc3C3(c4ccccc4-c4ccc(-c5nc6ccc7ccccc7n6n5)cc43)c3ccccc32)cc1. The molecule has 2 aromatic heterocycles. The van der Waals surface area contributed by atoms with Gasteiger partial charge in [0.05, 0.1) is 22.3 Å². The van der Waals surface area contributed by atoms with E-state index in [1.165, 1.54) is 44.8 Å². The van der Waals surface area contributed by atoms with Crippen LogP contribution in [0.1, 0.15) is 22.3 Å². The number of benzene rings is 6. The third kappa shape index (κ3) is 3.20. The number of pyridine rings is 1. The molecule has 2 aliphatic rings. The first-order chi connectivity index (χ1) is 22.3. The molecular weight excluding hydrogens is 548 g/mol. The summed E-state index contributed by atoms with van der Waals surface area (Å²) in [6.45, 7) is 0. The maximum Gasteiger partial charge on any atom is 0.182 e. The molecule has 1 aliphatic heterocycles. The fraction of sp³-hybridized carbons (Fsp3) is 0.0244. The van der Waals surface area contributed by atoms with Crippen LogP contribution in [-0.4, -0.2) is 14.6 Å². The Kier molecular flexibility index (Phi) is 4.89. The van der Waals surface area contributed by atoms with Crippen LogP contribution < -0.4 is 4.90 Å². The molecule has 0 unspecified atom stereocenters. The van der Waals surface area contributed by atoms with E-state index in [1.54, 1.807) is 0 Å². The van der Waals surface area contributed by atoms with E-state index in [0.29, 0.717) is 0 Å². The van der Waals surface area contributed by atoms with E-state index >= 15 is 0 Å². The van der Waals surface area contributed by atoms with E-state index in [9.17, 15) is 0 Å². The molecule has 0 saturated heterocycles.